The van der Waals surface area contributed by atoms with E-state index in [2.05, 4.69) is 23.5 Å². The van der Waals surface area contributed by atoms with Crippen molar-refractivity contribution in [3.63, 3.8) is 0 Å². The van der Waals surface area contributed by atoms with E-state index in [0.29, 0.717) is 19.0 Å². The summed E-state index contributed by atoms with van der Waals surface area (Å²) in [5, 5.41) is 0. The van der Waals surface area contributed by atoms with Gasteiger partial charge in [-0.25, -0.2) is 13.1 Å². The number of hydrogen-bond donors (Lipinski definition) is 1. The Bertz CT molecular complexity index is 714. The molecule has 8 heteroatoms. The molecular weight excluding hydrogens is 374 g/mol. The molecule has 1 aromatic carbocycles. The summed E-state index contributed by atoms with van der Waals surface area (Å²) < 4.78 is 28.0. The van der Waals surface area contributed by atoms with Crippen LogP contribution in [0.4, 0.5) is 5.69 Å². The van der Waals surface area contributed by atoms with Gasteiger partial charge in [0.2, 0.25) is 15.9 Å². The van der Waals surface area contributed by atoms with Gasteiger partial charge in [-0.05, 0) is 70.5 Å². The van der Waals surface area contributed by atoms with Gasteiger partial charge in [0.1, 0.15) is 0 Å². The molecule has 3 rings (SSSR count). The molecule has 1 N–H and O–H groups in total. The van der Waals surface area contributed by atoms with Gasteiger partial charge in [-0.1, -0.05) is 0 Å². The first kappa shape index (κ1) is 21.2. The van der Waals surface area contributed by atoms with Gasteiger partial charge < -0.3 is 9.80 Å². The Morgan fingerprint density at radius 3 is 2.19 bits per heavy atom. The maximum Gasteiger partial charge on any atom is 0.240 e. The van der Waals surface area contributed by atoms with Crippen molar-refractivity contribution >= 4 is 34.0 Å². The standard InChI is InChI=1S/C18H27N3O3S.ClH/c1-14(2)20-12-9-15(10-13-20)19-25(23,24)17-7-5-16(6-8-17)21-11-3-4-18(21)22;/h5-8,14-15,19H,3-4,9-13H2,1-2H3;1H. The summed E-state index contributed by atoms with van der Waals surface area (Å²) in [5.41, 5.74) is 0.770. The topological polar surface area (TPSA) is 69.7 Å². The van der Waals surface area contributed by atoms with Crippen molar-refractivity contribution in [2.45, 2.75) is 56.5 Å². The Morgan fingerprint density at radius 1 is 1.08 bits per heavy atom. The summed E-state index contributed by atoms with van der Waals surface area (Å²) in [4.78, 5) is 16.1. The number of anilines is 1. The predicted octanol–water partition coefficient (Wildman–Crippen LogP) is 2.39. The van der Waals surface area contributed by atoms with Gasteiger partial charge >= 0.3 is 0 Å². The minimum atomic E-state index is -3.52. The summed E-state index contributed by atoms with van der Waals surface area (Å²) in [6.07, 6.45) is 3.09. The van der Waals surface area contributed by atoms with Gasteiger partial charge in [-0.15, -0.1) is 12.4 Å². The van der Waals surface area contributed by atoms with Crippen LogP contribution in [-0.4, -0.2) is 50.9 Å². The molecule has 2 aliphatic rings. The molecule has 146 valence electrons. The van der Waals surface area contributed by atoms with Gasteiger partial charge in [0.05, 0.1) is 4.90 Å². The minimum absolute atomic E-state index is 0. The fourth-order valence-corrected chi connectivity index (χ4v) is 4.85. The number of carbonyl (C=O) groups excluding carboxylic acids is 1. The van der Waals surface area contributed by atoms with Crippen molar-refractivity contribution in [3.8, 4) is 0 Å². The van der Waals surface area contributed by atoms with E-state index in [1.807, 2.05) is 0 Å². The molecule has 2 fully saturated rings. The molecule has 0 saturated carbocycles. The zero-order valence-electron chi connectivity index (χ0n) is 15.3. The molecule has 1 aromatic rings. The van der Waals surface area contributed by atoms with Crippen LogP contribution in [0.5, 0.6) is 0 Å². The van der Waals surface area contributed by atoms with Crippen LogP contribution in [0.3, 0.4) is 0 Å². The highest BCUT2D eigenvalue weighted by atomic mass is 35.5. The maximum atomic E-state index is 12.6. The number of rotatable bonds is 5. The highest BCUT2D eigenvalue weighted by molar-refractivity contribution is 7.89. The van der Waals surface area contributed by atoms with Gasteiger partial charge in [0, 0.05) is 30.7 Å². The third-order valence-corrected chi connectivity index (χ3v) is 6.65. The van der Waals surface area contributed by atoms with Crippen LogP contribution in [0.1, 0.15) is 39.5 Å². The Kier molecular flexibility index (Phi) is 7.07. The third kappa shape index (κ3) is 4.76. The number of piperidine rings is 1. The predicted molar refractivity (Wildman–Crippen MR) is 105 cm³/mol. The molecule has 0 atom stereocenters. The summed E-state index contributed by atoms with van der Waals surface area (Å²) >= 11 is 0. The molecule has 1 amide bonds. The highest BCUT2D eigenvalue weighted by Gasteiger charge is 2.26. The zero-order valence-corrected chi connectivity index (χ0v) is 17.0. The first-order valence-corrected chi connectivity index (χ1v) is 10.5. The van der Waals surface area contributed by atoms with Crippen LogP contribution in [0.2, 0.25) is 0 Å². The first-order valence-electron chi connectivity index (χ1n) is 9.03. The number of nitrogens with zero attached hydrogens (tertiary/aromatic N) is 2. The molecule has 0 unspecified atom stereocenters. The molecule has 26 heavy (non-hydrogen) atoms. The Hall–Kier alpha value is -1.15. The number of likely N-dealkylation sites (tertiary alicyclic amines) is 1. The van der Waals surface area contributed by atoms with Crippen molar-refractivity contribution in [2.24, 2.45) is 0 Å². The maximum absolute atomic E-state index is 12.6. The van der Waals surface area contributed by atoms with Gasteiger partial charge in [-0.3, -0.25) is 4.79 Å². The number of halogens is 1. The van der Waals surface area contributed by atoms with Crippen LogP contribution in [0, 0.1) is 0 Å². The van der Waals surface area contributed by atoms with E-state index in [9.17, 15) is 13.2 Å². The van der Waals surface area contributed by atoms with Crippen LogP contribution in [0.25, 0.3) is 0 Å². The lowest BCUT2D eigenvalue weighted by Gasteiger charge is -2.34. The summed E-state index contributed by atoms with van der Waals surface area (Å²) in [7, 11) is -3.52. The van der Waals surface area contributed by atoms with Gasteiger partial charge in [-0.2, -0.15) is 0 Å². The van der Waals surface area contributed by atoms with Crippen LogP contribution in [0.15, 0.2) is 29.2 Å². The normalized spacial score (nSPS) is 19.8. The average Bonchev–Trinajstić information content (AvgIpc) is 3.01. The van der Waals surface area contributed by atoms with E-state index in [1.54, 1.807) is 29.2 Å². The van der Waals surface area contributed by atoms with Crippen LogP contribution in [-0.2, 0) is 14.8 Å². The molecule has 0 aromatic heterocycles. The molecular formula is C18H28ClN3O3S. The van der Waals surface area contributed by atoms with Gasteiger partial charge in [0.15, 0.2) is 0 Å². The Balaban J connectivity index is 0.00000243. The van der Waals surface area contributed by atoms with E-state index in [-0.39, 0.29) is 29.3 Å². The van der Waals surface area contributed by atoms with E-state index < -0.39 is 10.0 Å². The van der Waals surface area contributed by atoms with Crippen LogP contribution >= 0.6 is 12.4 Å². The van der Waals surface area contributed by atoms with Crippen molar-refractivity contribution in [3.05, 3.63) is 24.3 Å². The van der Waals surface area contributed by atoms with Crippen molar-refractivity contribution in [1.82, 2.24) is 9.62 Å². The fraction of sp³-hybridized carbons (Fsp3) is 0.611. The fourth-order valence-electron chi connectivity index (χ4n) is 3.55. The first-order chi connectivity index (χ1) is 11.9. The smallest absolute Gasteiger partial charge is 0.240 e. The van der Waals surface area contributed by atoms with Crippen molar-refractivity contribution < 1.29 is 13.2 Å². The number of hydrogen-bond acceptors (Lipinski definition) is 4. The quantitative estimate of drug-likeness (QED) is 0.822. The molecule has 0 spiro atoms. The zero-order chi connectivity index (χ0) is 18.0. The second-order valence-electron chi connectivity index (χ2n) is 7.17. The van der Waals surface area contributed by atoms with Crippen molar-refractivity contribution in [2.75, 3.05) is 24.5 Å². The lowest BCUT2D eigenvalue weighted by atomic mass is 10.1. The average molecular weight is 402 g/mol. The molecule has 0 aliphatic carbocycles. The van der Waals surface area contributed by atoms with Crippen LogP contribution < -0.4 is 9.62 Å². The largest absolute Gasteiger partial charge is 0.312 e. The van der Waals surface area contributed by atoms with Gasteiger partial charge in [0.25, 0.3) is 0 Å². The van der Waals surface area contributed by atoms with E-state index >= 15 is 0 Å². The monoisotopic (exact) mass is 401 g/mol. The molecule has 0 radical (unpaired) electrons. The number of benzene rings is 1. The molecule has 2 heterocycles. The van der Waals surface area contributed by atoms with E-state index in [0.717, 1.165) is 38.0 Å². The second kappa shape index (κ2) is 8.69. The number of nitrogens with one attached hydrogen (secondary N) is 1. The molecule has 2 aliphatic heterocycles. The summed E-state index contributed by atoms with van der Waals surface area (Å²) in [5.74, 6) is 0.102. The lowest BCUT2D eigenvalue weighted by molar-refractivity contribution is -0.117. The number of amides is 1. The molecule has 0 bridgehead atoms. The Morgan fingerprint density at radius 2 is 1.69 bits per heavy atom. The molecule has 2 saturated heterocycles. The summed E-state index contributed by atoms with van der Waals surface area (Å²) in [6.45, 7) is 6.87. The molecule has 6 nitrogen and oxygen atoms in total. The minimum Gasteiger partial charge on any atom is -0.312 e. The highest BCUT2D eigenvalue weighted by Crippen LogP contribution is 2.23. The Labute approximate surface area is 162 Å². The number of carbonyl (C=O) groups is 1. The van der Waals surface area contributed by atoms with E-state index in [1.165, 1.54) is 0 Å². The SMILES string of the molecule is CC(C)N1CCC(NS(=O)(=O)c2ccc(N3CCCC3=O)cc2)CC1.Cl. The third-order valence-electron chi connectivity index (χ3n) is 5.11. The lowest BCUT2D eigenvalue weighted by Crippen LogP contribution is -2.46. The van der Waals surface area contributed by atoms with E-state index in [4.69, 9.17) is 0 Å². The number of sulfonamides is 1. The summed E-state index contributed by atoms with van der Waals surface area (Å²) in [6, 6.07) is 7.11. The van der Waals surface area contributed by atoms with Crippen molar-refractivity contribution in [1.29, 1.82) is 0 Å². The second-order valence-corrected chi connectivity index (χ2v) is 8.88.